The first kappa shape index (κ1) is 13.8. The Bertz CT molecular complexity index is 468. The number of benzene rings is 1. The average Bonchev–Trinajstić information content (AvgIpc) is 2.46. The minimum Gasteiger partial charge on any atom is -0.394 e. The van der Waals surface area contributed by atoms with Crippen LogP contribution in [0.1, 0.15) is 30.4 Å². The monoisotopic (exact) mass is 259 g/mol. The first-order valence-electron chi connectivity index (χ1n) is 6.87. The number of aryl methyl sites for hydroxylation is 1. The molecule has 1 saturated heterocycles. The number of aliphatic hydroxyl groups excluding tert-OH is 1. The molecule has 102 valence electrons. The van der Waals surface area contributed by atoms with Gasteiger partial charge in [0.15, 0.2) is 0 Å². The molecule has 0 spiro atoms. The summed E-state index contributed by atoms with van der Waals surface area (Å²) < 4.78 is 0. The summed E-state index contributed by atoms with van der Waals surface area (Å²) in [5.41, 5.74) is 2.22. The van der Waals surface area contributed by atoms with E-state index in [2.05, 4.69) is 0 Å². The molecule has 1 aromatic rings. The molecule has 3 heteroatoms. The number of carbonyl (C=O) groups is 1. The molecule has 1 aliphatic heterocycles. The maximum atomic E-state index is 12.2. The summed E-state index contributed by atoms with van der Waals surface area (Å²) in [6.45, 7) is 2.84. The third-order valence-corrected chi connectivity index (χ3v) is 3.71. The van der Waals surface area contributed by atoms with Crippen LogP contribution in [0.25, 0.3) is 6.08 Å². The van der Waals surface area contributed by atoms with E-state index in [1.54, 1.807) is 11.0 Å². The van der Waals surface area contributed by atoms with E-state index in [1.165, 1.54) is 0 Å². The van der Waals surface area contributed by atoms with Gasteiger partial charge in [-0.25, -0.2) is 0 Å². The number of carbonyl (C=O) groups excluding carboxylic acids is 1. The molecule has 1 unspecified atom stereocenters. The van der Waals surface area contributed by atoms with Crippen molar-refractivity contribution in [3.8, 4) is 0 Å². The van der Waals surface area contributed by atoms with Crippen LogP contribution in [0.2, 0.25) is 0 Å². The van der Waals surface area contributed by atoms with E-state index in [0.717, 1.165) is 36.9 Å². The normalized spacial score (nSPS) is 19.9. The second-order valence-corrected chi connectivity index (χ2v) is 5.05. The van der Waals surface area contributed by atoms with Gasteiger partial charge in [0.05, 0.1) is 12.6 Å². The predicted octanol–water partition coefficient (Wildman–Crippen LogP) is 2.38. The molecule has 1 aromatic carbocycles. The fourth-order valence-electron chi connectivity index (χ4n) is 2.51. The number of piperidine rings is 1. The van der Waals surface area contributed by atoms with Crippen LogP contribution in [-0.4, -0.2) is 35.1 Å². The van der Waals surface area contributed by atoms with Gasteiger partial charge in [0.2, 0.25) is 5.91 Å². The van der Waals surface area contributed by atoms with Crippen LogP contribution < -0.4 is 0 Å². The van der Waals surface area contributed by atoms with E-state index in [0.29, 0.717) is 0 Å². The highest BCUT2D eigenvalue weighted by atomic mass is 16.3. The van der Waals surface area contributed by atoms with Crippen molar-refractivity contribution in [1.82, 2.24) is 4.90 Å². The Morgan fingerprint density at radius 2 is 2.21 bits per heavy atom. The molecule has 0 radical (unpaired) electrons. The smallest absolute Gasteiger partial charge is 0.246 e. The summed E-state index contributed by atoms with van der Waals surface area (Å²) in [5.74, 6) is 0.00185. The van der Waals surface area contributed by atoms with Gasteiger partial charge in [-0.05, 0) is 43.4 Å². The van der Waals surface area contributed by atoms with Gasteiger partial charge < -0.3 is 10.0 Å². The molecule has 2 rings (SSSR count). The lowest BCUT2D eigenvalue weighted by Crippen LogP contribution is -2.44. The van der Waals surface area contributed by atoms with Crippen LogP contribution in [0, 0.1) is 6.92 Å². The molecule has 1 aliphatic rings. The van der Waals surface area contributed by atoms with Crippen LogP contribution in [0.15, 0.2) is 30.3 Å². The first-order chi connectivity index (χ1) is 9.22. The van der Waals surface area contributed by atoms with Crippen molar-refractivity contribution in [3.63, 3.8) is 0 Å². The fraction of sp³-hybridized carbons (Fsp3) is 0.438. The van der Waals surface area contributed by atoms with E-state index in [4.69, 9.17) is 0 Å². The zero-order valence-corrected chi connectivity index (χ0v) is 11.4. The number of hydrogen-bond donors (Lipinski definition) is 1. The molecule has 1 fully saturated rings. The number of nitrogens with zero attached hydrogens (tertiary/aromatic N) is 1. The molecular formula is C16H21NO2. The van der Waals surface area contributed by atoms with Crippen molar-refractivity contribution in [3.05, 3.63) is 41.5 Å². The second kappa shape index (κ2) is 6.53. The third kappa shape index (κ3) is 3.44. The summed E-state index contributed by atoms with van der Waals surface area (Å²) in [5, 5.41) is 9.32. The van der Waals surface area contributed by atoms with Crippen LogP contribution in [0.3, 0.4) is 0 Å². The molecular weight excluding hydrogens is 238 g/mol. The molecule has 0 aromatic heterocycles. The van der Waals surface area contributed by atoms with Gasteiger partial charge in [-0.15, -0.1) is 0 Å². The van der Waals surface area contributed by atoms with Gasteiger partial charge in [0.1, 0.15) is 0 Å². The molecule has 1 N–H and O–H groups in total. The Balaban J connectivity index is 2.06. The van der Waals surface area contributed by atoms with Crippen LogP contribution in [0.4, 0.5) is 0 Å². The topological polar surface area (TPSA) is 40.5 Å². The Hall–Kier alpha value is -1.61. The minimum atomic E-state index is -0.0113. The van der Waals surface area contributed by atoms with Crippen LogP contribution >= 0.6 is 0 Å². The van der Waals surface area contributed by atoms with Gasteiger partial charge in [-0.2, -0.15) is 0 Å². The number of amides is 1. The van der Waals surface area contributed by atoms with Crippen molar-refractivity contribution in [2.75, 3.05) is 13.2 Å². The number of aliphatic hydroxyl groups is 1. The number of hydrogen-bond acceptors (Lipinski definition) is 2. The van der Waals surface area contributed by atoms with Crippen LogP contribution in [-0.2, 0) is 4.79 Å². The summed E-state index contributed by atoms with van der Waals surface area (Å²) in [7, 11) is 0. The average molecular weight is 259 g/mol. The Kier molecular flexibility index (Phi) is 4.74. The summed E-state index contributed by atoms with van der Waals surface area (Å²) in [4.78, 5) is 14.0. The van der Waals surface area contributed by atoms with E-state index < -0.39 is 0 Å². The minimum absolute atomic E-state index is 0.00185. The largest absolute Gasteiger partial charge is 0.394 e. The maximum absolute atomic E-state index is 12.2. The van der Waals surface area contributed by atoms with Crippen molar-refractivity contribution in [2.45, 2.75) is 32.2 Å². The fourth-order valence-corrected chi connectivity index (χ4v) is 2.51. The van der Waals surface area contributed by atoms with E-state index >= 15 is 0 Å². The SMILES string of the molecule is Cc1ccccc1/C=C/C(=O)N1CCCCC1CO. The molecule has 3 nitrogen and oxygen atoms in total. The van der Waals surface area contributed by atoms with E-state index in [-0.39, 0.29) is 18.6 Å². The Morgan fingerprint density at radius 1 is 1.42 bits per heavy atom. The maximum Gasteiger partial charge on any atom is 0.246 e. The highest BCUT2D eigenvalue weighted by Crippen LogP contribution is 2.17. The van der Waals surface area contributed by atoms with Gasteiger partial charge in [-0.3, -0.25) is 4.79 Å². The van der Waals surface area contributed by atoms with Gasteiger partial charge in [-0.1, -0.05) is 24.3 Å². The number of rotatable bonds is 3. The molecule has 0 saturated carbocycles. The lowest BCUT2D eigenvalue weighted by molar-refractivity contribution is -0.130. The molecule has 1 heterocycles. The lowest BCUT2D eigenvalue weighted by atomic mass is 10.0. The zero-order chi connectivity index (χ0) is 13.7. The van der Waals surface area contributed by atoms with Crippen LogP contribution in [0.5, 0.6) is 0 Å². The van der Waals surface area contributed by atoms with Crippen molar-refractivity contribution in [1.29, 1.82) is 0 Å². The molecule has 1 atom stereocenters. The van der Waals surface area contributed by atoms with Crippen molar-refractivity contribution >= 4 is 12.0 Å². The highest BCUT2D eigenvalue weighted by Gasteiger charge is 2.24. The summed E-state index contributed by atoms with van der Waals surface area (Å²) in [6.07, 6.45) is 6.51. The lowest BCUT2D eigenvalue weighted by Gasteiger charge is -2.33. The van der Waals surface area contributed by atoms with Gasteiger partial charge >= 0.3 is 0 Å². The zero-order valence-electron chi connectivity index (χ0n) is 11.4. The van der Waals surface area contributed by atoms with Gasteiger partial charge in [0, 0.05) is 12.6 Å². The molecule has 19 heavy (non-hydrogen) atoms. The van der Waals surface area contributed by atoms with E-state index in [1.807, 2.05) is 37.3 Å². The molecule has 0 aliphatic carbocycles. The third-order valence-electron chi connectivity index (χ3n) is 3.71. The van der Waals surface area contributed by atoms with E-state index in [9.17, 15) is 9.90 Å². The molecule has 1 amide bonds. The standard InChI is InChI=1S/C16H21NO2/c1-13-6-2-3-7-14(13)9-10-16(19)17-11-5-4-8-15(17)12-18/h2-3,6-7,9-10,15,18H,4-5,8,11-12H2,1H3/b10-9+. The summed E-state index contributed by atoms with van der Waals surface area (Å²) >= 11 is 0. The number of likely N-dealkylation sites (tertiary alicyclic amines) is 1. The quantitative estimate of drug-likeness (QED) is 0.847. The Labute approximate surface area is 114 Å². The first-order valence-corrected chi connectivity index (χ1v) is 6.87. The van der Waals surface area contributed by atoms with Crippen molar-refractivity contribution in [2.24, 2.45) is 0 Å². The second-order valence-electron chi connectivity index (χ2n) is 5.05. The van der Waals surface area contributed by atoms with Crippen molar-refractivity contribution < 1.29 is 9.90 Å². The Morgan fingerprint density at radius 3 is 2.95 bits per heavy atom. The van der Waals surface area contributed by atoms with Gasteiger partial charge in [0.25, 0.3) is 0 Å². The summed E-state index contributed by atoms with van der Waals surface area (Å²) in [6, 6.07) is 7.97. The predicted molar refractivity (Wildman–Crippen MR) is 76.7 cm³/mol. The highest BCUT2D eigenvalue weighted by molar-refractivity contribution is 5.92. The molecule has 0 bridgehead atoms.